The highest BCUT2D eigenvalue weighted by Gasteiger charge is 2.28. The quantitative estimate of drug-likeness (QED) is 0.768. The molecule has 1 aliphatic carbocycles. The number of rotatable bonds is 3. The van der Waals surface area contributed by atoms with Crippen LogP contribution in [0.25, 0.3) is 0 Å². The summed E-state index contributed by atoms with van der Waals surface area (Å²) in [6.45, 7) is 5.99. The van der Waals surface area contributed by atoms with E-state index in [2.05, 4.69) is 31.1 Å². The minimum Gasteiger partial charge on any atom is -0.311 e. The summed E-state index contributed by atoms with van der Waals surface area (Å²) in [5.41, 5.74) is 0. The maximum atomic E-state index is 3.85. The molecule has 88 valence electrons. The molecule has 1 saturated heterocycles. The Balaban J connectivity index is 1.74. The van der Waals surface area contributed by atoms with Gasteiger partial charge in [0, 0.05) is 18.1 Å². The molecule has 15 heavy (non-hydrogen) atoms. The zero-order valence-corrected chi connectivity index (χ0v) is 10.5. The highest BCUT2D eigenvalue weighted by Crippen LogP contribution is 2.30. The maximum Gasteiger partial charge on any atom is 0.00966 e. The van der Waals surface area contributed by atoms with E-state index in [1.54, 1.807) is 0 Å². The third-order valence-corrected chi connectivity index (χ3v) is 4.56. The Bertz CT molecular complexity index is 201. The first-order valence-electron chi connectivity index (χ1n) is 6.63. The Hall–Kier alpha value is -0.0800. The van der Waals surface area contributed by atoms with Crippen LogP contribution in [0.4, 0.5) is 0 Å². The molecule has 0 spiro atoms. The van der Waals surface area contributed by atoms with Gasteiger partial charge in [0.25, 0.3) is 0 Å². The molecule has 2 aliphatic rings. The van der Waals surface area contributed by atoms with Gasteiger partial charge < -0.3 is 10.2 Å². The number of likely N-dealkylation sites (tertiary alicyclic amines) is 1. The van der Waals surface area contributed by atoms with E-state index in [0.717, 1.165) is 24.0 Å². The lowest BCUT2D eigenvalue weighted by atomic mass is 9.80. The van der Waals surface area contributed by atoms with E-state index in [1.807, 2.05) is 0 Å². The lowest BCUT2D eigenvalue weighted by Crippen LogP contribution is -2.50. The molecule has 0 bridgehead atoms. The number of hydrogen-bond donors (Lipinski definition) is 1. The Labute approximate surface area is 94.4 Å². The van der Waals surface area contributed by atoms with Crippen LogP contribution in [0, 0.1) is 5.92 Å². The van der Waals surface area contributed by atoms with Crippen molar-refractivity contribution in [1.29, 1.82) is 0 Å². The third kappa shape index (κ3) is 2.73. The molecule has 1 saturated carbocycles. The molecule has 0 aromatic rings. The first-order chi connectivity index (χ1) is 7.16. The van der Waals surface area contributed by atoms with E-state index in [-0.39, 0.29) is 0 Å². The number of hydrogen-bond acceptors (Lipinski definition) is 2. The minimum atomic E-state index is 0.749. The van der Waals surface area contributed by atoms with E-state index in [9.17, 15) is 0 Å². The van der Waals surface area contributed by atoms with Crippen molar-refractivity contribution in [3.63, 3.8) is 0 Å². The van der Waals surface area contributed by atoms with Crippen molar-refractivity contribution < 1.29 is 0 Å². The van der Waals surface area contributed by atoms with Gasteiger partial charge in [-0.1, -0.05) is 6.42 Å². The topological polar surface area (TPSA) is 15.3 Å². The smallest absolute Gasteiger partial charge is 0.00966 e. The van der Waals surface area contributed by atoms with Crippen LogP contribution >= 0.6 is 0 Å². The Morgan fingerprint density at radius 1 is 1.27 bits per heavy atom. The molecule has 0 aromatic heterocycles. The predicted octanol–water partition coefficient (Wildman–Crippen LogP) is 2.25. The van der Waals surface area contributed by atoms with E-state index in [0.29, 0.717) is 0 Å². The lowest BCUT2D eigenvalue weighted by molar-refractivity contribution is 0.144. The highest BCUT2D eigenvalue weighted by molar-refractivity contribution is 4.86. The maximum absolute atomic E-state index is 3.85. The van der Waals surface area contributed by atoms with Crippen LogP contribution < -0.4 is 5.32 Å². The molecule has 2 heteroatoms. The van der Waals surface area contributed by atoms with Crippen LogP contribution in [-0.2, 0) is 0 Å². The van der Waals surface area contributed by atoms with Gasteiger partial charge in [0.1, 0.15) is 0 Å². The highest BCUT2D eigenvalue weighted by atomic mass is 15.1. The average Bonchev–Trinajstić information content (AvgIpc) is 2.08. The van der Waals surface area contributed by atoms with Gasteiger partial charge in [-0.15, -0.1) is 0 Å². The number of piperidine rings is 1. The first-order valence-corrected chi connectivity index (χ1v) is 6.63. The average molecular weight is 210 g/mol. The van der Waals surface area contributed by atoms with Gasteiger partial charge in [-0.05, 0) is 59.0 Å². The second-order valence-electron chi connectivity index (χ2n) is 5.70. The van der Waals surface area contributed by atoms with Gasteiger partial charge >= 0.3 is 0 Å². The fraction of sp³-hybridized carbons (Fsp3) is 1.00. The van der Waals surface area contributed by atoms with Crippen LogP contribution in [0.15, 0.2) is 0 Å². The molecule has 2 rings (SSSR count). The molecule has 0 amide bonds. The van der Waals surface area contributed by atoms with Crippen LogP contribution in [0.3, 0.4) is 0 Å². The van der Waals surface area contributed by atoms with Crippen molar-refractivity contribution in [2.45, 2.75) is 64.1 Å². The van der Waals surface area contributed by atoms with E-state index >= 15 is 0 Å². The molecule has 1 aliphatic heterocycles. The molecular formula is C13H26N2. The molecule has 0 radical (unpaired) electrons. The Morgan fingerprint density at radius 2 is 2.00 bits per heavy atom. The molecule has 1 N–H and O–H groups in total. The molecule has 2 nitrogen and oxygen atoms in total. The van der Waals surface area contributed by atoms with Gasteiger partial charge in [0.05, 0.1) is 0 Å². The van der Waals surface area contributed by atoms with Crippen molar-refractivity contribution >= 4 is 0 Å². The second-order valence-corrected chi connectivity index (χ2v) is 5.70. The summed E-state index contributed by atoms with van der Waals surface area (Å²) >= 11 is 0. The monoisotopic (exact) mass is 210 g/mol. The van der Waals surface area contributed by atoms with Crippen molar-refractivity contribution in [3.8, 4) is 0 Å². The van der Waals surface area contributed by atoms with Crippen molar-refractivity contribution in [1.82, 2.24) is 10.2 Å². The Morgan fingerprint density at radius 3 is 2.53 bits per heavy atom. The summed E-state index contributed by atoms with van der Waals surface area (Å²) in [4.78, 5) is 2.48. The largest absolute Gasteiger partial charge is 0.311 e. The fourth-order valence-electron chi connectivity index (χ4n) is 2.89. The van der Waals surface area contributed by atoms with Crippen molar-refractivity contribution in [2.24, 2.45) is 5.92 Å². The third-order valence-electron chi connectivity index (χ3n) is 4.56. The summed E-state index contributed by atoms with van der Waals surface area (Å²) in [6, 6.07) is 2.27. The standard InChI is InChI=1S/C13H26N2/c1-10-9-13(7-8-15(10)3)14-11(2)12-5-4-6-12/h10-14H,4-9H2,1-3H3. The Kier molecular flexibility index (Phi) is 3.68. The summed E-state index contributed by atoms with van der Waals surface area (Å²) in [6.07, 6.45) is 7.03. The minimum absolute atomic E-state index is 0.749. The van der Waals surface area contributed by atoms with E-state index in [1.165, 1.54) is 38.6 Å². The zero-order valence-electron chi connectivity index (χ0n) is 10.5. The van der Waals surface area contributed by atoms with Gasteiger partial charge in [-0.2, -0.15) is 0 Å². The molecule has 2 fully saturated rings. The lowest BCUT2D eigenvalue weighted by Gasteiger charge is -2.40. The summed E-state index contributed by atoms with van der Waals surface area (Å²) in [5, 5.41) is 3.85. The normalized spacial score (nSPS) is 36.2. The van der Waals surface area contributed by atoms with E-state index in [4.69, 9.17) is 0 Å². The van der Waals surface area contributed by atoms with Crippen molar-refractivity contribution in [2.75, 3.05) is 13.6 Å². The first kappa shape index (κ1) is 11.4. The van der Waals surface area contributed by atoms with E-state index < -0.39 is 0 Å². The summed E-state index contributed by atoms with van der Waals surface area (Å²) in [7, 11) is 2.25. The predicted molar refractivity (Wildman–Crippen MR) is 65.1 cm³/mol. The molecule has 3 unspecified atom stereocenters. The zero-order chi connectivity index (χ0) is 10.8. The number of nitrogens with one attached hydrogen (secondary N) is 1. The van der Waals surface area contributed by atoms with Crippen LogP contribution in [-0.4, -0.2) is 36.6 Å². The summed E-state index contributed by atoms with van der Waals surface area (Å²) in [5.74, 6) is 0.972. The molecule has 1 heterocycles. The SMILES string of the molecule is CC(NC1CCN(C)C(C)C1)C1CCC1. The molecule has 0 aromatic carbocycles. The number of nitrogens with zero attached hydrogens (tertiary/aromatic N) is 1. The van der Waals surface area contributed by atoms with Gasteiger partial charge in [0.15, 0.2) is 0 Å². The second kappa shape index (κ2) is 4.84. The van der Waals surface area contributed by atoms with Crippen molar-refractivity contribution in [3.05, 3.63) is 0 Å². The van der Waals surface area contributed by atoms with Gasteiger partial charge in [-0.25, -0.2) is 0 Å². The van der Waals surface area contributed by atoms with Gasteiger partial charge in [0.2, 0.25) is 0 Å². The molecular weight excluding hydrogens is 184 g/mol. The van der Waals surface area contributed by atoms with Gasteiger partial charge in [-0.3, -0.25) is 0 Å². The van der Waals surface area contributed by atoms with Crippen LogP contribution in [0.1, 0.15) is 46.0 Å². The van der Waals surface area contributed by atoms with Crippen LogP contribution in [0.2, 0.25) is 0 Å². The summed E-state index contributed by atoms with van der Waals surface area (Å²) < 4.78 is 0. The van der Waals surface area contributed by atoms with Crippen LogP contribution in [0.5, 0.6) is 0 Å². The fourth-order valence-corrected chi connectivity index (χ4v) is 2.89. The molecule has 3 atom stereocenters.